The van der Waals surface area contributed by atoms with Crippen LogP contribution in [0.1, 0.15) is 30.0 Å². The summed E-state index contributed by atoms with van der Waals surface area (Å²) < 4.78 is 0. The number of rotatable bonds is 2. The van der Waals surface area contributed by atoms with E-state index in [9.17, 15) is 0 Å². The smallest absolute Gasteiger partial charge is 0.0595 e. The van der Waals surface area contributed by atoms with Gasteiger partial charge in [-0.25, -0.2) is 0 Å². The van der Waals surface area contributed by atoms with Crippen LogP contribution in [-0.2, 0) is 6.42 Å². The molecule has 1 aromatic carbocycles. The predicted octanol–water partition coefficient (Wildman–Crippen LogP) is 3.27. The van der Waals surface area contributed by atoms with Crippen molar-refractivity contribution in [3.8, 4) is 0 Å². The van der Waals surface area contributed by atoms with Gasteiger partial charge in [-0.15, -0.1) is 0 Å². The fourth-order valence-electron chi connectivity index (χ4n) is 3.38. The Morgan fingerprint density at radius 3 is 2.50 bits per heavy atom. The Balaban J connectivity index is 1.94. The van der Waals surface area contributed by atoms with E-state index >= 15 is 0 Å². The van der Waals surface area contributed by atoms with Gasteiger partial charge in [-0.2, -0.15) is 0 Å². The first-order valence-corrected chi connectivity index (χ1v) is 7.35. The molecule has 1 aromatic rings. The molecule has 18 heavy (non-hydrogen) atoms. The van der Waals surface area contributed by atoms with Crippen molar-refractivity contribution in [2.24, 2.45) is 0 Å². The molecule has 2 atom stereocenters. The quantitative estimate of drug-likeness (QED) is 0.897. The molecule has 0 amide bonds. The molecule has 0 radical (unpaired) electrons. The van der Waals surface area contributed by atoms with Crippen LogP contribution in [0.2, 0.25) is 10.0 Å². The molecule has 2 aliphatic rings. The summed E-state index contributed by atoms with van der Waals surface area (Å²) in [5.74, 6) is 0. The van der Waals surface area contributed by atoms with Crippen molar-refractivity contribution in [1.29, 1.82) is 0 Å². The molecule has 1 aliphatic carbocycles. The van der Waals surface area contributed by atoms with Gasteiger partial charge in [0.2, 0.25) is 0 Å². The highest BCUT2D eigenvalue weighted by atomic mass is 35.5. The normalized spacial score (nSPS) is 27.7. The number of nitrogens with zero attached hydrogens (tertiary/aromatic N) is 1. The summed E-state index contributed by atoms with van der Waals surface area (Å²) in [4.78, 5) is 2.60. The predicted molar refractivity (Wildman–Crippen MR) is 76.6 cm³/mol. The third kappa shape index (κ3) is 2.05. The van der Waals surface area contributed by atoms with Crippen molar-refractivity contribution in [2.45, 2.75) is 31.3 Å². The van der Waals surface area contributed by atoms with E-state index < -0.39 is 0 Å². The van der Waals surface area contributed by atoms with E-state index in [-0.39, 0.29) is 0 Å². The molecule has 1 N–H and O–H groups in total. The Hall–Kier alpha value is -0.280. The van der Waals surface area contributed by atoms with E-state index in [4.69, 9.17) is 23.2 Å². The zero-order chi connectivity index (χ0) is 12.7. The third-order valence-electron chi connectivity index (χ3n) is 4.25. The highest BCUT2D eigenvalue weighted by Crippen LogP contribution is 2.39. The van der Waals surface area contributed by atoms with Crippen molar-refractivity contribution >= 4 is 23.2 Å². The largest absolute Gasteiger partial charge is 0.312 e. The fraction of sp³-hybridized carbons (Fsp3) is 0.571. The van der Waals surface area contributed by atoms with Crippen LogP contribution in [0, 0.1) is 0 Å². The van der Waals surface area contributed by atoms with Crippen molar-refractivity contribution < 1.29 is 0 Å². The number of benzene rings is 1. The molecular weight excluding hydrogens is 267 g/mol. The number of halogens is 2. The summed E-state index contributed by atoms with van der Waals surface area (Å²) in [6, 6.07) is 5.02. The second kappa shape index (κ2) is 5.01. The number of nitrogens with one attached hydrogen (secondary N) is 1. The maximum atomic E-state index is 6.15. The van der Waals surface area contributed by atoms with Gasteiger partial charge in [0.1, 0.15) is 0 Å². The monoisotopic (exact) mass is 284 g/mol. The molecule has 2 nitrogen and oxygen atoms in total. The van der Waals surface area contributed by atoms with Gasteiger partial charge in [-0.3, -0.25) is 4.90 Å². The fourth-order valence-corrected chi connectivity index (χ4v) is 3.74. The first kappa shape index (κ1) is 12.7. The average molecular weight is 285 g/mol. The summed E-state index contributed by atoms with van der Waals surface area (Å²) in [5.41, 5.74) is 2.67. The van der Waals surface area contributed by atoms with Gasteiger partial charge in [0, 0.05) is 12.1 Å². The SMILES string of the molecule is CNC1c2cc(Cl)c(Cl)cc2CC1N1CCCC1. The van der Waals surface area contributed by atoms with E-state index in [2.05, 4.69) is 10.2 Å². The van der Waals surface area contributed by atoms with Gasteiger partial charge < -0.3 is 5.32 Å². The topological polar surface area (TPSA) is 15.3 Å². The third-order valence-corrected chi connectivity index (χ3v) is 4.97. The van der Waals surface area contributed by atoms with Gasteiger partial charge in [0.25, 0.3) is 0 Å². The Morgan fingerprint density at radius 2 is 1.83 bits per heavy atom. The van der Waals surface area contributed by atoms with Gasteiger partial charge in [-0.05, 0) is 62.7 Å². The minimum Gasteiger partial charge on any atom is -0.312 e. The minimum atomic E-state index is 0.382. The molecule has 1 fully saturated rings. The van der Waals surface area contributed by atoms with E-state index in [1.165, 1.54) is 37.1 Å². The van der Waals surface area contributed by atoms with Crippen LogP contribution in [0.15, 0.2) is 12.1 Å². The van der Waals surface area contributed by atoms with Crippen LogP contribution in [-0.4, -0.2) is 31.1 Å². The second-order valence-corrected chi connectivity index (χ2v) is 6.06. The lowest BCUT2D eigenvalue weighted by molar-refractivity contribution is 0.208. The van der Waals surface area contributed by atoms with Crippen molar-refractivity contribution in [3.63, 3.8) is 0 Å². The summed E-state index contributed by atoms with van der Waals surface area (Å²) in [5, 5.41) is 4.79. The van der Waals surface area contributed by atoms with Crippen LogP contribution in [0.4, 0.5) is 0 Å². The Bertz CT molecular complexity index is 455. The highest BCUT2D eigenvalue weighted by Gasteiger charge is 2.36. The molecule has 2 unspecified atom stereocenters. The number of likely N-dealkylation sites (tertiary alicyclic amines) is 1. The molecule has 0 bridgehead atoms. The van der Waals surface area contributed by atoms with E-state index in [0.29, 0.717) is 22.1 Å². The van der Waals surface area contributed by atoms with Crippen LogP contribution in [0.25, 0.3) is 0 Å². The van der Waals surface area contributed by atoms with Crippen LogP contribution in [0.3, 0.4) is 0 Å². The second-order valence-electron chi connectivity index (χ2n) is 5.25. The maximum absolute atomic E-state index is 6.15. The average Bonchev–Trinajstić information content (AvgIpc) is 2.96. The first-order valence-electron chi connectivity index (χ1n) is 6.60. The lowest BCUT2D eigenvalue weighted by Crippen LogP contribution is -2.40. The van der Waals surface area contributed by atoms with Crippen LogP contribution in [0.5, 0.6) is 0 Å². The van der Waals surface area contributed by atoms with E-state index in [0.717, 1.165) is 6.42 Å². The molecule has 3 rings (SSSR count). The van der Waals surface area contributed by atoms with Gasteiger partial charge in [0.15, 0.2) is 0 Å². The molecule has 1 aliphatic heterocycles. The van der Waals surface area contributed by atoms with Crippen molar-refractivity contribution in [1.82, 2.24) is 10.2 Å². The number of likely N-dealkylation sites (N-methyl/N-ethyl adjacent to an activating group) is 1. The standard InChI is InChI=1S/C14H18Cl2N2/c1-17-14-10-8-12(16)11(15)6-9(10)7-13(14)18-4-2-3-5-18/h6,8,13-14,17H,2-5,7H2,1H3. The number of hydrogen-bond donors (Lipinski definition) is 1. The first-order chi connectivity index (χ1) is 8.70. The summed E-state index contributed by atoms with van der Waals surface area (Å²) in [7, 11) is 2.03. The van der Waals surface area contributed by atoms with Crippen LogP contribution >= 0.6 is 23.2 Å². The van der Waals surface area contributed by atoms with Gasteiger partial charge in [0.05, 0.1) is 10.0 Å². The van der Waals surface area contributed by atoms with Crippen LogP contribution < -0.4 is 5.32 Å². The molecule has 98 valence electrons. The zero-order valence-corrected chi connectivity index (χ0v) is 12.1. The molecule has 0 spiro atoms. The van der Waals surface area contributed by atoms with Gasteiger partial charge >= 0.3 is 0 Å². The number of hydrogen-bond acceptors (Lipinski definition) is 2. The Labute approximate surface area is 118 Å². The molecular formula is C14H18Cl2N2. The Kier molecular flexibility index (Phi) is 3.55. The molecule has 0 aromatic heterocycles. The number of fused-ring (bicyclic) bond motifs is 1. The van der Waals surface area contributed by atoms with Gasteiger partial charge in [-0.1, -0.05) is 23.2 Å². The van der Waals surface area contributed by atoms with Crippen molar-refractivity contribution in [2.75, 3.05) is 20.1 Å². The maximum Gasteiger partial charge on any atom is 0.0595 e. The van der Waals surface area contributed by atoms with E-state index in [1.54, 1.807) is 0 Å². The lowest BCUT2D eigenvalue weighted by atomic mass is 10.1. The molecule has 4 heteroatoms. The summed E-state index contributed by atoms with van der Waals surface area (Å²) in [6.07, 6.45) is 3.73. The zero-order valence-electron chi connectivity index (χ0n) is 10.5. The summed E-state index contributed by atoms with van der Waals surface area (Å²) >= 11 is 12.3. The molecule has 1 saturated heterocycles. The highest BCUT2D eigenvalue weighted by molar-refractivity contribution is 6.42. The summed E-state index contributed by atoms with van der Waals surface area (Å²) in [6.45, 7) is 2.44. The van der Waals surface area contributed by atoms with Crippen molar-refractivity contribution in [3.05, 3.63) is 33.3 Å². The Morgan fingerprint density at radius 1 is 1.17 bits per heavy atom. The molecule has 1 heterocycles. The minimum absolute atomic E-state index is 0.382. The lowest BCUT2D eigenvalue weighted by Gasteiger charge is -2.29. The molecule has 0 saturated carbocycles. The van der Waals surface area contributed by atoms with E-state index in [1.807, 2.05) is 19.2 Å².